The van der Waals surface area contributed by atoms with Gasteiger partial charge in [-0.2, -0.15) is 0 Å². The summed E-state index contributed by atoms with van der Waals surface area (Å²) in [6, 6.07) is 5.94. The number of hydrogen-bond donors (Lipinski definition) is 1. The summed E-state index contributed by atoms with van der Waals surface area (Å²) in [6.07, 6.45) is 2.97. The Bertz CT molecular complexity index is 726. The summed E-state index contributed by atoms with van der Waals surface area (Å²) in [7, 11) is 1.96. The van der Waals surface area contributed by atoms with Gasteiger partial charge in [0.1, 0.15) is 5.82 Å². The molecule has 0 bridgehead atoms. The molecular weight excluding hydrogens is 286 g/mol. The first-order valence-corrected chi connectivity index (χ1v) is 8.46. The number of unbranched alkanes of at least 4 members (excludes halogenated alkanes) is 1. The normalized spacial score (nSPS) is 12.0. The Balaban J connectivity index is 2.47. The van der Waals surface area contributed by atoms with Crippen molar-refractivity contribution in [2.45, 2.75) is 53.5 Å². The van der Waals surface area contributed by atoms with Gasteiger partial charge in [0.15, 0.2) is 0 Å². The van der Waals surface area contributed by atoms with E-state index < -0.39 is 0 Å². The summed E-state index contributed by atoms with van der Waals surface area (Å²) in [5.41, 5.74) is 2.05. The molecule has 2 rings (SSSR count). The molecule has 0 amide bonds. The highest BCUT2D eigenvalue weighted by atomic mass is 16.1. The lowest BCUT2D eigenvalue weighted by molar-refractivity contribution is 0.330. The van der Waals surface area contributed by atoms with Gasteiger partial charge in [0.25, 0.3) is 5.56 Å². The lowest BCUT2D eigenvalue weighted by atomic mass is 9.96. The van der Waals surface area contributed by atoms with E-state index in [9.17, 15) is 4.79 Å². The van der Waals surface area contributed by atoms with Crippen LogP contribution in [0.15, 0.2) is 23.0 Å². The van der Waals surface area contributed by atoms with Crippen molar-refractivity contribution in [1.82, 2.24) is 14.9 Å². The van der Waals surface area contributed by atoms with Gasteiger partial charge in [0, 0.05) is 13.0 Å². The minimum Gasteiger partial charge on any atom is -0.320 e. The molecule has 1 aromatic heterocycles. The van der Waals surface area contributed by atoms with Crippen molar-refractivity contribution in [2.24, 2.45) is 5.41 Å². The summed E-state index contributed by atoms with van der Waals surface area (Å²) < 4.78 is 1.89. The molecule has 0 aliphatic carbocycles. The molecule has 23 heavy (non-hydrogen) atoms. The molecule has 0 unspecified atom stereocenters. The van der Waals surface area contributed by atoms with E-state index in [1.54, 1.807) is 0 Å². The molecule has 0 fully saturated rings. The number of nitrogens with one attached hydrogen (secondary N) is 1. The second-order valence-electron chi connectivity index (χ2n) is 7.56. The molecule has 0 saturated carbocycles. The summed E-state index contributed by atoms with van der Waals surface area (Å²) in [5.74, 6) is 0.914. The number of aryl methyl sites for hydroxylation is 2. The van der Waals surface area contributed by atoms with E-state index in [0.717, 1.165) is 48.1 Å². The Morgan fingerprint density at radius 1 is 1.22 bits per heavy atom. The number of rotatable bonds is 6. The molecule has 0 aliphatic rings. The molecule has 1 aromatic carbocycles. The van der Waals surface area contributed by atoms with Crippen molar-refractivity contribution in [3.8, 4) is 0 Å². The highest BCUT2D eigenvalue weighted by Gasteiger charge is 2.17. The molecule has 4 nitrogen and oxygen atoms in total. The van der Waals surface area contributed by atoms with Gasteiger partial charge in [-0.15, -0.1) is 0 Å². The summed E-state index contributed by atoms with van der Waals surface area (Å²) in [6.45, 7) is 10.2. The Morgan fingerprint density at radius 2 is 1.96 bits per heavy atom. The quantitative estimate of drug-likeness (QED) is 0.832. The van der Waals surface area contributed by atoms with E-state index in [1.165, 1.54) is 0 Å². The molecule has 2 aromatic rings. The summed E-state index contributed by atoms with van der Waals surface area (Å²) >= 11 is 0. The smallest absolute Gasteiger partial charge is 0.261 e. The van der Waals surface area contributed by atoms with E-state index >= 15 is 0 Å². The second-order valence-corrected chi connectivity index (χ2v) is 7.56. The van der Waals surface area contributed by atoms with Crippen LogP contribution in [0.4, 0.5) is 0 Å². The van der Waals surface area contributed by atoms with Crippen LogP contribution in [-0.4, -0.2) is 23.1 Å². The largest absolute Gasteiger partial charge is 0.320 e. The fourth-order valence-electron chi connectivity index (χ4n) is 2.79. The zero-order chi connectivity index (χ0) is 17.0. The number of hydrogen-bond acceptors (Lipinski definition) is 3. The van der Waals surface area contributed by atoms with Crippen molar-refractivity contribution in [3.63, 3.8) is 0 Å². The molecule has 1 N–H and O–H groups in total. The van der Waals surface area contributed by atoms with Gasteiger partial charge in [-0.3, -0.25) is 9.36 Å². The van der Waals surface area contributed by atoms with Crippen molar-refractivity contribution in [2.75, 3.05) is 13.6 Å². The monoisotopic (exact) mass is 315 g/mol. The molecule has 0 saturated heterocycles. The first kappa shape index (κ1) is 17.7. The van der Waals surface area contributed by atoms with Gasteiger partial charge in [-0.05, 0) is 50.9 Å². The number of fused-ring (bicyclic) bond motifs is 1. The van der Waals surface area contributed by atoms with E-state index in [2.05, 4.69) is 26.1 Å². The van der Waals surface area contributed by atoms with Gasteiger partial charge in [-0.1, -0.05) is 32.4 Å². The average Bonchev–Trinajstić information content (AvgIpc) is 2.47. The Labute approximate surface area is 138 Å². The van der Waals surface area contributed by atoms with Crippen LogP contribution < -0.4 is 10.9 Å². The van der Waals surface area contributed by atoms with Gasteiger partial charge in [0.2, 0.25) is 0 Å². The van der Waals surface area contributed by atoms with Crippen LogP contribution in [0.5, 0.6) is 0 Å². The predicted molar refractivity (Wildman–Crippen MR) is 97.1 cm³/mol. The highest BCUT2D eigenvalue weighted by Crippen LogP contribution is 2.19. The van der Waals surface area contributed by atoms with Crippen molar-refractivity contribution >= 4 is 10.9 Å². The molecule has 0 radical (unpaired) electrons. The van der Waals surface area contributed by atoms with Crippen molar-refractivity contribution in [1.29, 1.82) is 0 Å². The van der Waals surface area contributed by atoms with Gasteiger partial charge in [0.05, 0.1) is 10.9 Å². The average molecular weight is 315 g/mol. The fourth-order valence-corrected chi connectivity index (χ4v) is 2.79. The van der Waals surface area contributed by atoms with Crippen LogP contribution in [0, 0.1) is 12.3 Å². The highest BCUT2D eigenvalue weighted by molar-refractivity contribution is 5.78. The number of benzene rings is 1. The first-order valence-electron chi connectivity index (χ1n) is 8.46. The van der Waals surface area contributed by atoms with Crippen LogP contribution in [0.1, 0.15) is 45.0 Å². The minimum atomic E-state index is 0.0444. The lowest BCUT2D eigenvalue weighted by Gasteiger charge is -2.22. The maximum Gasteiger partial charge on any atom is 0.261 e. The minimum absolute atomic E-state index is 0.0444. The topological polar surface area (TPSA) is 46.9 Å². The second kappa shape index (κ2) is 7.26. The van der Waals surface area contributed by atoms with E-state index in [0.29, 0.717) is 6.54 Å². The number of nitrogens with zero attached hydrogens (tertiary/aromatic N) is 2. The number of aromatic nitrogens is 2. The van der Waals surface area contributed by atoms with Crippen molar-refractivity contribution < 1.29 is 0 Å². The van der Waals surface area contributed by atoms with Gasteiger partial charge < -0.3 is 5.32 Å². The molecule has 0 aliphatic heterocycles. The molecule has 0 spiro atoms. The maximum absolute atomic E-state index is 13.0. The zero-order valence-corrected chi connectivity index (χ0v) is 15.1. The maximum atomic E-state index is 13.0. The molecule has 0 atom stereocenters. The third-order valence-electron chi connectivity index (χ3n) is 3.90. The Morgan fingerprint density at radius 3 is 2.61 bits per heavy atom. The van der Waals surface area contributed by atoms with E-state index in [4.69, 9.17) is 4.98 Å². The van der Waals surface area contributed by atoms with Gasteiger partial charge in [-0.25, -0.2) is 4.98 Å². The molecule has 126 valence electrons. The van der Waals surface area contributed by atoms with Crippen molar-refractivity contribution in [3.05, 3.63) is 39.9 Å². The van der Waals surface area contributed by atoms with Crippen LogP contribution in [0.25, 0.3) is 10.9 Å². The standard InChI is InChI=1S/C19H29N3O/c1-14-9-10-16-15(12-14)18(23)22(13-19(2,3)4)17(21-16)8-6-7-11-20-5/h9-10,12,20H,6-8,11,13H2,1-5H3. The zero-order valence-electron chi connectivity index (χ0n) is 15.1. The van der Waals surface area contributed by atoms with E-state index in [1.807, 2.05) is 36.7 Å². The summed E-state index contributed by atoms with van der Waals surface area (Å²) in [4.78, 5) is 17.8. The molecule has 4 heteroatoms. The lowest BCUT2D eigenvalue weighted by Crippen LogP contribution is -2.30. The van der Waals surface area contributed by atoms with Crippen LogP contribution in [0.2, 0.25) is 0 Å². The van der Waals surface area contributed by atoms with Gasteiger partial charge >= 0.3 is 0 Å². The van der Waals surface area contributed by atoms with Crippen LogP contribution in [-0.2, 0) is 13.0 Å². The Kier molecular flexibility index (Phi) is 5.58. The van der Waals surface area contributed by atoms with Crippen LogP contribution >= 0.6 is 0 Å². The fraction of sp³-hybridized carbons (Fsp3) is 0.579. The SMILES string of the molecule is CNCCCCc1nc2ccc(C)cc2c(=O)n1CC(C)(C)C. The van der Waals surface area contributed by atoms with Crippen LogP contribution in [0.3, 0.4) is 0 Å². The van der Waals surface area contributed by atoms with E-state index in [-0.39, 0.29) is 11.0 Å². The third kappa shape index (κ3) is 4.64. The Hall–Kier alpha value is -1.68. The predicted octanol–water partition coefficient (Wildman–Crippen LogP) is 3.29. The molecular formula is C19H29N3O. The summed E-state index contributed by atoms with van der Waals surface area (Å²) in [5, 5.41) is 3.89. The first-order chi connectivity index (χ1) is 10.8. The third-order valence-corrected chi connectivity index (χ3v) is 3.90. The molecule has 1 heterocycles.